The Bertz CT molecular complexity index is 1210. The lowest BCUT2D eigenvalue weighted by Crippen LogP contribution is -2.22. The van der Waals surface area contributed by atoms with Gasteiger partial charge in [-0.05, 0) is 91.0 Å². The first-order valence-corrected chi connectivity index (χ1v) is 12.9. The number of rotatable bonds is 5. The van der Waals surface area contributed by atoms with Crippen molar-refractivity contribution in [2.45, 2.75) is 76.5 Å². The zero-order valence-corrected chi connectivity index (χ0v) is 20.4. The van der Waals surface area contributed by atoms with Gasteiger partial charge in [0.25, 0.3) is 0 Å². The molecule has 0 aliphatic heterocycles. The summed E-state index contributed by atoms with van der Waals surface area (Å²) in [5.41, 5.74) is 5.82. The Morgan fingerprint density at radius 1 is 0.944 bits per heavy atom. The van der Waals surface area contributed by atoms with E-state index in [2.05, 4.69) is 6.92 Å². The van der Waals surface area contributed by atoms with E-state index in [-0.39, 0.29) is 5.82 Å². The van der Waals surface area contributed by atoms with Crippen LogP contribution in [0.3, 0.4) is 0 Å². The van der Waals surface area contributed by atoms with Crippen molar-refractivity contribution in [1.29, 1.82) is 0 Å². The van der Waals surface area contributed by atoms with Gasteiger partial charge in [-0.1, -0.05) is 44.0 Å². The van der Waals surface area contributed by atoms with E-state index in [9.17, 15) is 22.7 Å². The molecule has 36 heavy (non-hydrogen) atoms. The molecule has 2 aliphatic rings. The van der Waals surface area contributed by atoms with Crippen molar-refractivity contribution in [3.05, 3.63) is 88.0 Å². The zero-order valence-electron chi connectivity index (χ0n) is 20.4. The average molecular weight is 498 g/mol. The van der Waals surface area contributed by atoms with Gasteiger partial charge in [0.05, 0.1) is 11.7 Å². The number of hydrogen-bond donors (Lipinski definition) is 1. The van der Waals surface area contributed by atoms with Crippen molar-refractivity contribution >= 4 is 0 Å². The highest BCUT2D eigenvalue weighted by Crippen LogP contribution is 2.45. The van der Waals surface area contributed by atoms with Gasteiger partial charge in [0.1, 0.15) is 5.82 Å². The fraction of sp³-hybridized carbons (Fsp3) is 0.433. The van der Waals surface area contributed by atoms with Crippen molar-refractivity contribution in [3.8, 4) is 11.1 Å². The van der Waals surface area contributed by atoms with E-state index in [0.29, 0.717) is 31.1 Å². The minimum absolute atomic E-state index is 0.315. The van der Waals surface area contributed by atoms with E-state index in [1.807, 2.05) is 0 Å². The van der Waals surface area contributed by atoms with Gasteiger partial charge >= 0.3 is 6.18 Å². The van der Waals surface area contributed by atoms with E-state index in [1.165, 1.54) is 24.3 Å². The fourth-order valence-corrected chi connectivity index (χ4v) is 6.00. The maximum atomic E-state index is 13.8. The number of aryl methyl sites for hydroxylation is 1. The standard InChI is InChI=1S/C30H31F4NO/c1-18-16-25-28(26(36)17-18)27(20-9-13-23(31)14-10-20)24(29(35-25)21-4-2-3-5-21)15-8-19-6-11-22(12-7-19)30(32,33)34/h6-7,9-14,18,21,26,36H,2-5,8,15-17H2,1H3. The van der Waals surface area contributed by atoms with Gasteiger partial charge in [-0.2, -0.15) is 13.2 Å². The number of nitrogens with zero attached hydrogens (tertiary/aromatic N) is 1. The van der Waals surface area contributed by atoms with E-state index < -0.39 is 17.8 Å². The number of aliphatic hydroxyl groups excluding tert-OH is 1. The topological polar surface area (TPSA) is 33.1 Å². The van der Waals surface area contributed by atoms with Gasteiger partial charge < -0.3 is 5.11 Å². The number of halogens is 4. The second-order valence-corrected chi connectivity index (χ2v) is 10.5. The summed E-state index contributed by atoms with van der Waals surface area (Å²) in [5, 5.41) is 11.2. The monoisotopic (exact) mass is 497 g/mol. The predicted octanol–water partition coefficient (Wildman–Crippen LogP) is 7.97. The van der Waals surface area contributed by atoms with Crippen LogP contribution in [0.5, 0.6) is 0 Å². The Morgan fingerprint density at radius 2 is 1.61 bits per heavy atom. The molecule has 2 aliphatic carbocycles. The SMILES string of the molecule is CC1Cc2nc(C3CCCC3)c(CCc3ccc(C(F)(F)F)cc3)c(-c3ccc(F)cc3)c2C(O)C1. The highest BCUT2D eigenvalue weighted by atomic mass is 19.4. The molecule has 2 nitrogen and oxygen atoms in total. The van der Waals surface area contributed by atoms with Gasteiger partial charge in [-0.3, -0.25) is 4.98 Å². The summed E-state index contributed by atoms with van der Waals surface area (Å²) in [6, 6.07) is 11.7. The third kappa shape index (κ3) is 5.06. The number of hydrogen-bond acceptors (Lipinski definition) is 2. The molecule has 2 aromatic carbocycles. The lowest BCUT2D eigenvalue weighted by Gasteiger charge is -2.32. The summed E-state index contributed by atoms with van der Waals surface area (Å²) in [6.45, 7) is 2.12. The number of aromatic nitrogens is 1. The minimum atomic E-state index is -4.36. The van der Waals surface area contributed by atoms with Crippen LogP contribution in [-0.2, 0) is 25.4 Å². The van der Waals surface area contributed by atoms with Crippen molar-refractivity contribution in [1.82, 2.24) is 4.98 Å². The van der Waals surface area contributed by atoms with Gasteiger partial charge in [0, 0.05) is 22.9 Å². The molecule has 0 bridgehead atoms. The molecule has 2 unspecified atom stereocenters. The molecule has 1 saturated carbocycles. The first kappa shape index (κ1) is 24.9. The van der Waals surface area contributed by atoms with Gasteiger partial charge in [-0.25, -0.2) is 4.39 Å². The average Bonchev–Trinajstić information content (AvgIpc) is 3.37. The molecule has 1 N–H and O–H groups in total. The molecule has 0 saturated heterocycles. The maximum Gasteiger partial charge on any atom is 0.416 e. The Balaban J connectivity index is 1.62. The molecule has 6 heteroatoms. The normalized spacial score (nSPS) is 20.5. The molecule has 1 heterocycles. The van der Waals surface area contributed by atoms with Gasteiger partial charge in [-0.15, -0.1) is 0 Å². The number of fused-ring (bicyclic) bond motifs is 1. The van der Waals surface area contributed by atoms with Gasteiger partial charge in [0.2, 0.25) is 0 Å². The third-order valence-corrected chi connectivity index (χ3v) is 7.77. The quantitative estimate of drug-likeness (QED) is 0.363. The summed E-state index contributed by atoms with van der Waals surface area (Å²) in [7, 11) is 0. The van der Waals surface area contributed by atoms with Crippen LogP contribution in [0.1, 0.15) is 84.7 Å². The summed E-state index contributed by atoms with van der Waals surface area (Å²) in [6.07, 6.45) is 1.97. The van der Waals surface area contributed by atoms with Crippen LogP contribution in [0.4, 0.5) is 17.6 Å². The van der Waals surface area contributed by atoms with Crippen molar-refractivity contribution < 1.29 is 22.7 Å². The highest BCUT2D eigenvalue weighted by Gasteiger charge is 2.33. The lowest BCUT2D eigenvalue weighted by molar-refractivity contribution is -0.137. The number of alkyl halides is 3. The summed E-state index contributed by atoms with van der Waals surface area (Å²) in [4.78, 5) is 5.18. The van der Waals surface area contributed by atoms with Crippen LogP contribution >= 0.6 is 0 Å². The molecular weight excluding hydrogens is 466 g/mol. The minimum Gasteiger partial charge on any atom is -0.388 e. The Morgan fingerprint density at radius 3 is 2.25 bits per heavy atom. The van der Waals surface area contributed by atoms with Crippen LogP contribution < -0.4 is 0 Å². The molecule has 0 radical (unpaired) electrons. The van der Waals surface area contributed by atoms with Crippen molar-refractivity contribution in [2.24, 2.45) is 5.92 Å². The van der Waals surface area contributed by atoms with E-state index in [0.717, 1.165) is 83.4 Å². The first-order valence-electron chi connectivity index (χ1n) is 12.9. The summed E-state index contributed by atoms with van der Waals surface area (Å²) < 4.78 is 52.9. The molecule has 5 rings (SSSR count). The fourth-order valence-electron chi connectivity index (χ4n) is 6.00. The zero-order chi connectivity index (χ0) is 25.4. The van der Waals surface area contributed by atoms with Crippen molar-refractivity contribution in [3.63, 3.8) is 0 Å². The largest absolute Gasteiger partial charge is 0.416 e. The highest BCUT2D eigenvalue weighted by molar-refractivity contribution is 5.74. The van der Waals surface area contributed by atoms with Crippen LogP contribution in [0.15, 0.2) is 48.5 Å². The van der Waals surface area contributed by atoms with E-state index in [4.69, 9.17) is 4.98 Å². The Labute approximate surface area is 209 Å². The predicted molar refractivity (Wildman–Crippen MR) is 132 cm³/mol. The van der Waals surface area contributed by atoms with E-state index in [1.54, 1.807) is 12.1 Å². The Hall–Kier alpha value is -2.73. The Kier molecular flexibility index (Phi) is 6.90. The van der Waals surface area contributed by atoms with Crippen LogP contribution in [0.25, 0.3) is 11.1 Å². The second-order valence-electron chi connectivity index (χ2n) is 10.5. The third-order valence-electron chi connectivity index (χ3n) is 7.77. The maximum absolute atomic E-state index is 13.8. The molecule has 0 amide bonds. The van der Waals surface area contributed by atoms with Crippen LogP contribution in [0.2, 0.25) is 0 Å². The molecule has 2 atom stereocenters. The summed E-state index contributed by atoms with van der Waals surface area (Å²) >= 11 is 0. The van der Waals surface area contributed by atoms with Crippen molar-refractivity contribution in [2.75, 3.05) is 0 Å². The van der Waals surface area contributed by atoms with Crippen LogP contribution in [-0.4, -0.2) is 10.1 Å². The number of aliphatic hydroxyl groups is 1. The molecule has 1 aromatic heterocycles. The van der Waals surface area contributed by atoms with Gasteiger partial charge in [0.15, 0.2) is 0 Å². The molecule has 1 fully saturated rings. The first-order chi connectivity index (χ1) is 17.2. The van der Waals surface area contributed by atoms with E-state index >= 15 is 0 Å². The smallest absolute Gasteiger partial charge is 0.388 e. The molecule has 0 spiro atoms. The van der Waals surface area contributed by atoms with Crippen LogP contribution in [0, 0.1) is 11.7 Å². The second kappa shape index (κ2) is 9.97. The number of benzene rings is 2. The lowest BCUT2D eigenvalue weighted by atomic mass is 9.78. The molecular formula is C30H31F4NO. The molecule has 3 aromatic rings. The number of pyridine rings is 1. The molecule has 190 valence electrons. The summed E-state index contributed by atoms with van der Waals surface area (Å²) in [5.74, 6) is 0.320.